The summed E-state index contributed by atoms with van der Waals surface area (Å²) in [4.78, 5) is 22.7. The van der Waals surface area contributed by atoms with Gasteiger partial charge in [0.1, 0.15) is 11.9 Å². The zero-order valence-corrected chi connectivity index (χ0v) is 13.0. The van der Waals surface area contributed by atoms with E-state index in [0.717, 1.165) is 38.2 Å². The minimum Gasteiger partial charge on any atom is -0.371 e. The van der Waals surface area contributed by atoms with Crippen molar-refractivity contribution in [3.8, 4) is 0 Å². The second kappa shape index (κ2) is 6.03. The number of hydrogen-bond donors (Lipinski definition) is 3. The number of hydrogen-bond acceptors (Lipinski definition) is 7. The van der Waals surface area contributed by atoms with E-state index in [1.165, 1.54) is 0 Å². The van der Waals surface area contributed by atoms with Gasteiger partial charge in [-0.15, -0.1) is 0 Å². The number of aromatic nitrogens is 2. The third-order valence-electron chi connectivity index (χ3n) is 4.88. The van der Waals surface area contributed by atoms with E-state index >= 15 is 0 Å². The summed E-state index contributed by atoms with van der Waals surface area (Å²) in [7, 11) is 0. The van der Waals surface area contributed by atoms with Crippen molar-refractivity contribution in [2.75, 3.05) is 31.6 Å². The van der Waals surface area contributed by atoms with E-state index in [1.807, 2.05) is 4.90 Å². The lowest BCUT2D eigenvalue weighted by molar-refractivity contribution is -0.133. The van der Waals surface area contributed by atoms with Gasteiger partial charge in [0.25, 0.3) is 0 Å². The lowest BCUT2D eigenvalue weighted by Gasteiger charge is -2.25. The molecular weight excluding hydrogens is 296 g/mol. The van der Waals surface area contributed by atoms with Gasteiger partial charge in [-0.3, -0.25) is 15.2 Å². The first-order chi connectivity index (χ1) is 11.2. The summed E-state index contributed by atoms with van der Waals surface area (Å²) in [6.07, 6.45) is 7.69. The molecule has 4 rings (SSSR count). The summed E-state index contributed by atoms with van der Waals surface area (Å²) in [6.45, 7) is 2.94. The fourth-order valence-corrected chi connectivity index (χ4v) is 3.73. The highest BCUT2D eigenvalue weighted by Gasteiger charge is 2.47. The first kappa shape index (κ1) is 14.8. The van der Waals surface area contributed by atoms with Crippen LogP contribution in [0.25, 0.3) is 0 Å². The molecule has 3 fully saturated rings. The summed E-state index contributed by atoms with van der Waals surface area (Å²) in [5.41, 5.74) is 5.86. The largest absolute Gasteiger partial charge is 0.371 e. The van der Waals surface area contributed by atoms with E-state index in [4.69, 9.17) is 4.74 Å². The van der Waals surface area contributed by atoms with Crippen LogP contribution < -0.4 is 16.2 Å². The number of carbonyl (C=O) groups is 1. The first-order valence-electron chi connectivity index (χ1n) is 8.18. The van der Waals surface area contributed by atoms with Crippen LogP contribution in [0.3, 0.4) is 0 Å². The molecule has 124 valence electrons. The lowest BCUT2D eigenvalue weighted by Crippen LogP contribution is -2.46. The Hall–Kier alpha value is -1.77. The van der Waals surface area contributed by atoms with Crippen LogP contribution in [0.15, 0.2) is 18.6 Å². The minimum atomic E-state index is -0.207. The van der Waals surface area contributed by atoms with Crippen LogP contribution in [-0.2, 0) is 9.53 Å². The molecule has 0 saturated carbocycles. The summed E-state index contributed by atoms with van der Waals surface area (Å²) in [6, 6.07) is 0.119. The van der Waals surface area contributed by atoms with Crippen molar-refractivity contribution in [3.05, 3.63) is 18.6 Å². The highest BCUT2D eigenvalue weighted by Crippen LogP contribution is 2.36. The monoisotopic (exact) mass is 318 g/mol. The summed E-state index contributed by atoms with van der Waals surface area (Å²) >= 11 is 0. The van der Waals surface area contributed by atoms with E-state index in [2.05, 4.69) is 26.1 Å². The van der Waals surface area contributed by atoms with Crippen LogP contribution in [0.1, 0.15) is 19.3 Å². The molecule has 8 nitrogen and oxygen atoms in total. The molecule has 3 saturated heterocycles. The molecule has 23 heavy (non-hydrogen) atoms. The molecule has 1 amide bonds. The Kier molecular flexibility index (Phi) is 3.88. The van der Waals surface area contributed by atoms with Gasteiger partial charge in [-0.25, -0.2) is 10.4 Å². The Morgan fingerprint density at radius 3 is 3.22 bits per heavy atom. The molecule has 0 bridgehead atoms. The maximum absolute atomic E-state index is 12.5. The first-order valence-corrected chi connectivity index (χ1v) is 8.18. The molecule has 0 radical (unpaired) electrons. The molecule has 0 aromatic carbocycles. The molecule has 8 heteroatoms. The van der Waals surface area contributed by atoms with Gasteiger partial charge < -0.3 is 15.0 Å². The standard InChI is InChI=1S/C15H22N6O2/c22-14(12-1-3-18-20-12)21-6-2-15(10-21)7-11(9-23-15)19-13-8-16-4-5-17-13/h4-5,8,11-12,18,20H,1-3,6-7,9-10H2,(H,17,19). The van der Waals surface area contributed by atoms with Gasteiger partial charge in [0.15, 0.2) is 0 Å². The Balaban J connectivity index is 1.34. The summed E-state index contributed by atoms with van der Waals surface area (Å²) in [5.74, 6) is 0.950. The van der Waals surface area contributed by atoms with Crippen LogP contribution in [0.4, 0.5) is 5.82 Å². The third kappa shape index (κ3) is 3.01. The van der Waals surface area contributed by atoms with Crippen LogP contribution in [-0.4, -0.2) is 64.7 Å². The highest BCUT2D eigenvalue weighted by atomic mass is 16.5. The fourth-order valence-electron chi connectivity index (χ4n) is 3.73. The van der Waals surface area contributed by atoms with E-state index in [1.54, 1.807) is 18.6 Å². The van der Waals surface area contributed by atoms with Crippen molar-refractivity contribution in [1.82, 2.24) is 25.7 Å². The zero-order valence-electron chi connectivity index (χ0n) is 13.0. The molecule has 1 aromatic rings. The SMILES string of the molecule is O=C(C1CCNN1)N1CCC2(CC(Nc3cnccn3)CO2)C1. The van der Waals surface area contributed by atoms with Crippen molar-refractivity contribution < 1.29 is 9.53 Å². The smallest absolute Gasteiger partial charge is 0.241 e. The van der Waals surface area contributed by atoms with Gasteiger partial charge in [0, 0.05) is 38.4 Å². The average Bonchev–Trinajstić information content (AvgIpc) is 3.31. The van der Waals surface area contributed by atoms with Gasteiger partial charge >= 0.3 is 0 Å². The van der Waals surface area contributed by atoms with Gasteiger partial charge in [-0.1, -0.05) is 0 Å². The zero-order chi connectivity index (χ0) is 15.7. The molecule has 3 aliphatic rings. The van der Waals surface area contributed by atoms with Crippen molar-refractivity contribution in [2.24, 2.45) is 0 Å². The molecule has 3 aliphatic heterocycles. The van der Waals surface area contributed by atoms with Gasteiger partial charge in [-0.2, -0.15) is 0 Å². The van der Waals surface area contributed by atoms with E-state index in [9.17, 15) is 4.79 Å². The maximum Gasteiger partial charge on any atom is 0.241 e. The number of hydrazine groups is 1. The normalized spacial score (nSPS) is 33.5. The van der Waals surface area contributed by atoms with Crippen LogP contribution >= 0.6 is 0 Å². The van der Waals surface area contributed by atoms with Crippen molar-refractivity contribution >= 4 is 11.7 Å². The Bertz CT molecular complexity index is 564. The summed E-state index contributed by atoms with van der Waals surface area (Å²) in [5, 5.41) is 3.37. The summed E-state index contributed by atoms with van der Waals surface area (Å²) < 4.78 is 6.09. The molecule has 1 spiro atoms. The van der Waals surface area contributed by atoms with E-state index < -0.39 is 0 Å². The molecule has 0 aliphatic carbocycles. The minimum absolute atomic E-state index is 0.0972. The maximum atomic E-state index is 12.5. The van der Waals surface area contributed by atoms with Crippen LogP contribution in [0.2, 0.25) is 0 Å². The highest BCUT2D eigenvalue weighted by molar-refractivity contribution is 5.82. The lowest BCUT2D eigenvalue weighted by atomic mass is 9.97. The van der Waals surface area contributed by atoms with E-state index in [0.29, 0.717) is 13.2 Å². The van der Waals surface area contributed by atoms with Gasteiger partial charge in [0.2, 0.25) is 5.91 Å². The molecule has 3 unspecified atom stereocenters. The van der Waals surface area contributed by atoms with Crippen LogP contribution in [0, 0.1) is 0 Å². The molecule has 4 heterocycles. The topological polar surface area (TPSA) is 91.4 Å². The number of anilines is 1. The number of amides is 1. The van der Waals surface area contributed by atoms with Crippen LogP contribution in [0.5, 0.6) is 0 Å². The van der Waals surface area contributed by atoms with Crippen molar-refractivity contribution in [3.63, 3.8) is 0 Å². The molecule has 1 aromatic heterocycles. The average molecular weight is 318 g/mol. The van der Waals surface area contributed by atoms with Crippen molar-refractivity contribution in [2.45, 2.75) is 36.9 Å². The Labute approximate surface area is 135 Å². The number of nitrogens with zero attached hydrogens (tertiary/aromatic N) is 3. The van der Waals surface area contributed by atoms with Gasteiger partial charge in [-0.05, 0) is 12.8 Å². The van der Waals surface area contributed by atoms with Gasteiger partial charge in [0.05, 0.1) is 24.4 Å². The second-order valence-electron chi connectivity index (χ2n) is 6.55. The Morgan fingerprint density at radius 1 is 1.48 bits per heavy atom. The number of ether oxygens (including phenoxy) is 1. The molecule has 3 atom stereocenters. The van der Waals surface area contributed by atoms with E-state index in [-0.39, 0.29) is 23.6 Å². The fraction of sp³-hybridized carbons (Fsp3) is 0.667. The number of carbonyl (C=O) groups excluding carboxylic acids is 1. The third-order valence-corrected chi connectivity index (χ3v) is 4.88. The molecule has 3 N–H and O–H groups in total. The second-order valence-corrected chi connectivity index (χ2v) is 6.55. The van der Waals surface area contributed by atoms with Crippen molar-refractivity contribution in [1.29, 1.82) is 0 Å². The number of nitrogens with one attached hydrogen (secondary N) is 3. The number of likely N-dealkylation sites (tertiary alicyclic amines) is 1. The number of rotatable bonds is 3. The Morgan fingerprint density at radius 2 is 2.43 bits per heavy atom. The molecular formula is C15H22N6O2. The predicted molar refractivity (Wildman–Crippen MR) is 83.5 cm³/mol. The quantitative estimate of drug-likeness (QED) is 0.693. The predicted octanol–water partition coefficient (Wildman–Crippen LogP) is -0.485.